The van der Waals surface area contributed by atoms with Gasteiger partial charge in [0.25, 0.3) is 0 Å². The van der Waals surface area contributed by atoms with E-state index in [-0.39, 0.29) is 50.7 Å². The van der Waals surface area contributed by atoms with E-state index in [0.717, 1.165) is 21.6 Å². The minimum atomic E-state index is 0. The van der Waals surface area contributed by atoms with E-state index in [9.17, 15) is 0 Å². The molecule has 0 bridgehead atoms. The third-order valence-electron chi connectivity index (χ3n) is 4.10. The molecule has 4 aromatic rings. The molecule has 30 heavy (non-hydrogen) atoms. The van der Waals surface area contributed by atoms with Gasteiger partial charge in [0.05, 0.1) is 0 Å². The van der Waals surface area contributed by atoms with Crippen LogP contribution in [0.15, 0.2) is 98.1 Å². The molecule has 0 saturated carbocycles. The third kappa shape index (κ3) is 10.7. The molecular weight excluding hydrogens is 590 g/mol. The Morgan fingerprint density at radius 2 is 1.10 bits per heavy atom. The fraction of sp³-hybridized carbons (Fsp3) is 0.154. The molecule has 0 aliphatic heterocycles. The predicted molar refractivity (Wildman–Crippen MR) is 124 cm³/mol. The number of rotatable bonds is 4. The summed E-state index contributed by atoms with van der Waals surface area (Å²) in [5, 5.41) is 5.39. The fourth-order valence-electron chi connectivity index (χ4n) is 2.90. The molecule has 0 atom stereocenters. The zero-order valence-electron chi connectivity index (χ0n) is 17.7. The number of benzene rings is 2. The van der Waals surface area contributed by atoms with Gasteiger partial charge in [0.1, 0.15) is 0 Å². The van der Waals surface area contributed by atoms with Crippen molar-refractivity contribution in [3.8, 4) is 0 Å². The Kier molecular flexibility index (Phi) is 18.1. The van der Waals surface area contributed by atoms with Crippen molar-refractivity contribution in [2.24, 2.45) is 0 Å². The van der Waals surface area contributed by atoms with Crippen molar-refractivity contribution in [2.75, 3.05) is 0 Å². The quantitative estimate of drug-likeness (QED) is 0.142. The molecule has 0 heterocycles. The molecule has 2 radical (unpaired) electrons. The molecule has 0 N–H and O–H groups in total. The standard InChI is InChI=1S/2C10H9.C6H10Si.2ClH.Hf/c2*1-8-6-9-4-2-3-5-10(9)7-8;1-3-5-7-6-4-2;;;/h2*2-7H,1H3;3-4H,1-2,5-6H2;2*1H;/q2*-1;;;;+4/p-2. The van der Waals surface area contributed by atoms with Crippen molar-refractivity contribution in [2.45, 2.75) is 25.9 Å². The Labute approximate surface area is 215 Å². The molecule has 0 aromatic heterocycles. The monoisotopic (exact) mass is 618 g/mol. The number of fused-ring (bicyclic) bond motifs is 2. The Morgan fingerprint density at radius 1 is 0.733 bits per heavy atom. The second-order valence-corrected chi connectivity index (χ2v) is 7.88. The summed E-state index contributed by atoms with van der Waals surface area (Å²) in [5.41, 5.74) is 2.70. The molecule has 4 rings (SSSR count). The van der Waals surface area contributed by atoms with Crippen molar-refractivity contribution in [3.63, 3.8) is 0 Å². The molecule has 0 aliphatic rings. The van der Waals surface area contributed by atoms with Crippen molar-refractivity contribution in [1.29, 1.82) is 0 Å². The first-order valence-electron chi connectivity index (χ1n) is 9.30. The van der Waals surface area contributed by atoms with Crippen molar-refractivity contribution < 1.29 is 50.7 Å². The van der Waals surface area contributed by atoms with E-state index in [1.165, 1.54) is 32.7 Å². The van der Waals surface area contributed by atoms with Crippen LogP contribution in [0.3, 0.4) is 0 Å². The number of hydrogen-bond donors (Lipinski definition) is 0. The summed E-state index contributed by atoms with van der Waals surface area (Å²) < 4.78 is 0. The van der Waals surface area contributed by atoms with Crippen LogP contribution in [-0.4, -0.2) is 9.52 Å². The van der Waals surface area contributed by atoms with Gasteiger partial charge in [0.15, 0.2) is 0 Å². The smallest absolute Gasteiger partial charge is 1.00 e. The van der Waals surface area contributed by atoms with Crippen LogP contribution in [0.1, 0.15) is 11.1 Å². The van der Waals surface area contributed by atoms with E-state index in [0.29, 0.717) is 0 Å². The first-order chi connectivity index (χ1) is 13.1. The summed E-state index contributed by atoms with van der Waals surface area (Å²) in [4.78, 5) is 0. The van der Waals surface area contributed by atoms with Gasteiger partial charge in [-0.1, -0.05) is 38.1 Å². The molecule has 0 unspecified atom stereocenters. The average molecular weight is 618 g/mol. The van der Waals surface area contributed by atoms with Gasteiger partial charge in [-0.3, -0.25) is 0 Å². The van der Waals surface area contributed by atoms with Crippen LogP contribution in [0.4, 0.5) is 0 Å². The van der Waals surface area contributed by atoms with Gasteiger partial charge in [0.2, 0.25) is 0 Å². The van der Waals surface area contributed by atoms with Crippen molar-refractivity contribution >= 4 is 31.1 Å². The summed E-state index contributed by atoms with van der Waals surface area (Å²) in [6.07, 6.45) is 3.89. The van der Waals surface area contributed by atoms with E-state index in [2.05, 4.69) is 99.8 Å². The van der Waals surface area contributed by atoms with Gasteiger partial charge in [0, 0.05) is 9.52 Å². The summed E-state index contributed by atoms with van der Waals surface area (Å²) in [6, 6.07) is 28.0. The Hall–Kier alpha value is -1.19. The summed E-state index contributed by atoms with van der Waals surface area (Å²) in [6.45, 7) is 11.5. The van der Waals surface area contributed by atoms with Crippen molar-refractivity contribution in [3.05, 3.63) is 109 Å². The van der Waals surface area contributed by atoms with Gasteiger partial charge in [-0.25, -0.2) is 0 Å². The van der Waals surface area contributed by atoms with Gasteiger partial charge in [-0.2, -0.15) is 12.1 Å². The van der Waals surface area contributed by atoms with Crippen LogP contribution < -0.4 is 24.8 Å². The van der Waals surface area contributed by atoms with E-state index < -0.39 is 0 Å². The predicted octanol–water partition coefficient (Wildman–Crippen LogP) is 1.64. The number of halogens is 2. The third-order valence-corrected chi connectivity index (χ3v) is 5.26. The van der Waals surface area contributed by atoms with Crippen LogP contribution in [0.2, 0.25) is 12.1 Å². The molecule has 0 amide bonds. The Balaban J connectivity index is 0. The van der Waals surface area contributed by atoms with Crippen LogP contribution in [-0.2, 0) is 25.8 Å². The zero-order valence-corrected chi connectivity index (χ0v) is 23.8. The maximum absolute atomic E-state index is 3.61. The summed E-state index contributed by atoms with van der Waals surface area (Å²) in [7, 11) is 0.996. The molecule has 4 aromatic carbocycles. The largest absolute Gasteiger partial charge is 4.00 e. The Bertz CT molecular complexity index is 839. The van der Waals surface area contributed by atoms with Gasteiger partial charge >= 0.3 is 25.8 Å². The molecule has 0 nitrogen and oxygen atoms in total. The summed E-state index contributed by atoms with van der Waals surface area (Å²) >= 11 is 0. The molecule has 0 aliphatic carbocycles. The molecule has 0 spiro atoms. The second-order valence-electron chi connectivity index (χ2n) is 6.56. The number of aryl methyl sites for hydroxylation is 2. The molecule has 154 valence electrons. The molecular formula is C26H28Cl2HfSi. The van der Waals surface area contributed by atoms with Crippen LogP contribution in [0, 0.1) is 13.8 Å². The maximum Gasteiger partial charge on any atom is 4.00 e. The normalized spacial score (nSPS) is 8.87. The molecule has 4 heteroatoms. The van der Waals surface area contributed by atoms with Crippen LogP contribution in [0.5, 0.6) is 0 Å². The number of allylic oxidation sites excluding steroid dienone is 2. The minimum absolute atomic E-state index is 0. The van der Waals surface area contributed by atoms with E-state index in [4.69, 9.17) is 0 Å². The van der Waals surface area contributed by atoms with Gasteiger partial charge in [-0.05, 0) is 12.1 Å². The first-order valence-corrected chi connectivity index (χ1v) is 10.7. The molecule has 0 fully saturated rings. The van der Waals surface area contributed by atoms with E-state index in [1.54, 1.807) is 0 Å². The SMILES string of the molecule is C=CC[Si]CC=C.Cc1cc2ccccc2[cH-]1.Cc1cc2ccccc2[cH-]1.[Cl-].[Cl-].[Hf+4]. The van der Waals surface area contributed by atoms with Crippen molar-refractivity contribution in [1.82, 2.24) is 0 Å². The number of hydrogen-bond acceptors (Lipinski definition) is 0. The second kappa shape index (κ2) is 17.5. The van der Waals surface area contributed by atoms with Crippen LogP contribution >= 0.6 is 0 Å². The first kappa shape index (κ1) is 31.0. The average Bonchev–Trinajstić information content (AvgIpc) is 3.23. The van der Waals surface area contributed by atoms with Gasteiger partial charge in [-0.15, -0.1) is 94.4 Å². The van der Waals surface area contributed by atoms with E-state index >= 15 is 0 Å². The fourth-order valence-corrected chi connectivity index (χ4v) is 3.47. The van der Waals surface area contributed by atoms with Gasteiger partial charge < -0.3 is 24.8 Å². The Morgan fingerprint density at radius 3 is 1.43 bits per heavy atom. The van der Waals surface area contributed by atoms with Crippen LogP contribution in [0.25, 0.3) is 21.5 Å². The minimum Gasteiger partial charge on any atom is -1.00 e. The topological polar surface area (TPSA) is 0 Å². The summed E-state index contributed by atoms with van der Waals surface area (Å²) in [5.74, 6) is 0. The maximum atomic E-state index is 3.61. The zero-order chi connectivity index (χ0) is 19.5. The molecule has 0 saturated heterocycles. The van der Waals surface area contributed by atoms with E-state index in [1.807, 2.05) is 12.2 Å².